The fourth-order valence-corrected chi connectivity index (χ4v) is 2.52. The SMILES string of the molecule is C=C(C)C.C=C(C)C.CCOC(Oc1ccccc1)(c1ccccc1)[N+](C)(C)CC.[Cl-]. The summed E-state index contributed by atoms with van der Waals surface area (Å²) in [5.41, 5.74) is 3.35. The molecule has 0 aliphatic rings. The van der Waals surface area contributed by atoms with Gasteiger partial charge in [-0.2, -0.15) is 0 Å². The number of rotatable bonds is 7. The Morgan fingerprint density at radius 1 is 0.806 bits per heavy atom. The molecular formula is C27H42ClNO2. The summed E-state index contributed by atoms with van der Waals surface area (Å²) in [7, 11) is 4.26. The van der Waals surface area contributed by atoms with E-state index < -0.39 is 5.91 Å². The molecule has 1 atom stereocenters. The minimum Gasteiger partial charge on any atom is -1.00 e. The van der Waals surface area contributed by atoms with Crippen LogP contribution in [0.5, 0.6) is 5.75 Å². The molecule has 0 heterocycles. The maximum Gasteiger partial charge on any atom is 0.389 e. The van der Waals surface area contributed by atoms with E-state index in [1.165, 1.54) is 11.1 Å². The molecule has 2 aromatic carbocycles. The molecule has 1 unspecified atom stereocenters. The maximum absolute atomic E-state index is 6.43. The van der Waals surface area contributed by atoms with Gasteiger partial charge in [0.15, 0.2) is 0 Å². The van der Waals surface area contributed by atoms with Gasteiger partial charge in [0.2, 0.25) is 0 Å². The standard InChI is InChI=1S/C19H26NO2.2C4H8.ClH/c1-5-20(3,4)19(21-6-2,17-13-9-7-10-14-17)22-18-15-11-8-12-16-18;2*1-4(2)3;/h7-16H,5-6H2,1-4H3;2*1H2,2-3H3;1H/q+1;;;/p-1. The van der Waals surface area contributed by atoms with Gasteiger partial charge in [0.25, 0.3) is 0 Å². The van der Waals surface area contributed by atoms with Crippen LogP contribution in [0.2, 0.25) is 0 Å². The number of halogens is 1. The second-order valence-electron chi connectivity index (χ2n) is 8.21. The third-order valence-corrected chi connectivity index (χ3v) is 4.07. The summed E-state index contributed by atoms with van der Waals surface area (Å²) < 4.78 is 13.2. The molecule has 0 aliphatic carbocycles. The quantitative estimate of drug-likeness (QED) is 0.360. The summed E-state index contributed by atoms with van der Waals surface area (Å²) in [5, 5.41) is 0. The van der Waals surface area contributed by atoms with Crippen LogP contribution >= 0.6 is 0 Å². The number of quaternary nitrogens is 1. The van der Waals surface area contributed by atoms with Gasteiger partial charge in [0.05, 0.1) is 32.8 Å². The van der Waals surface area contributed by atoms with Gasteiger partial charge < -0.3 is 17.1 Å². The van der Waals surface area contributed by atoms with Crippen molar-refractivity contribution in [1.29, 1.82) is 0 Å². The Labute approximate surface area is 197 Å². The Balaban J connectivity index is 0. The van der Waals surface area contributed by atoms with Crippen LogP contribution in [0.25, 0.3) is 0 Å². The van der Waals surface area contributed by atoms with Gasteiger partial charge in [-0.3, -0.25) is 9.22 Å². The predicted octanol–water partition coefficient (Wildman–Crippen LogP) is 4.18. The summed E-state index contributed by atoms with van der Waals surface area (Å²) in [6, 6.07) is 20.0. The second kappa shape index (κ2) is 15.7. The zero-order valence-electron chi connectivity index (χ0n) is 20.7. The minimum absolute atomic E-state index is 0. The highest BCUT2D eigenvalue weighted by Gasteiger charge is 2.51. The number of benzene rings is 2. The van der Waals surface area contributed by atoms with Gasteiger partial charge in [-0.1, -0.05) is 47.5 Å². The first-order valence-electron chi connectivity index (χ1n) is 10.5. The van der Waals surface area contributed by atoms with Crippen LogP contribution in [0.3, 0.4) is 0 Å². The molecule has 0 saturated carbocycles. The normalized spacial score (nSPS) is 11.9. The molecular weight excluding hydrogens is 406 g/mol. The topological polar surface area (TPSA) is 18.5 Å². The highest BCUT2D eigenvalue weighted by atomic mass is 35.5. The zero-order valence-corrected chi connectivity index (χ0v) is 21.5. The first-order valence-corrected chi connectivity index (χ1v) is 10.5. The Kier molecular flexibility index (Phi) is 15.8. The lowest BCUT2D eigenvalue weighted by atomic mass is 10.1. The molecule has 2 aromatic rings. The molecule has 31 heavy (non-hydrogen) atoms. The Morgan fingerprint density at radius 2 is 1.19 bits per heavy atom. The summed E-state index contributed by atoms with van der Waals surface area (Å²) >= 11 is 0. The fraction of sp³-hybridized carbons (Fsp3) is 0.407. The molecule has 2 rings (SSSR count). The second-order valence-corrected chi connectivity index (χ2v) is 8.21. The number of hydrogen-bond acceptors (Lipinski definition) is 2. The first kappa shape index (κ1) is 31.1. The molecule has 0 aromatic heterocycles. The molecule has 3 nitrogen and oxygen atoms in total. The minimum atomic E-state index is -0.869. The lowest BCUT2D eigenvalue weighted by Gasteiger charge is -2.45. The number of hydrogen-bond donors (Lipinski definition) is 0. The van der Waals surface area contributed by atoms with Gasteiger partial charge in [-0.05, 0) is 65.8 Å². The van der Waals surface area contributed by atoms with E-state index in [0.717, 1.165) is 17.9 Å². The van der Waals surface area contributed by atoms with Gasteiger partial charge in [-0.15, -0.1) is 13.2 Å². The Bertz CT molecular complexity index is 724. The molecule has 0 aliphatic heterocycles. The molecule has 0 bridgehead atoms. The maximum atomic E-state index is 6.43. The van der Waals surface area contributed by atoms with Crippen molar-refractivity contribution in [3.8, 4) is 5.75 Å². The van der Waals surface area contributed by atoms with Crippen LogP contribution in [0, 0.1) is 0 Å². The van der Waals surface area contributed by atoms with Crippen molar-refractivity contribution in [2.24, 2.45) is 0 Å². The number of para-hydroxylation sites is 1. The third-order valence-electron chi connectivity index (χ3n) is 4.07. The van der Waals surface area contributed by atoms with Crippen LogP contribution in [-0.2, 0) is 10.6 Å². The summed E-state index contributed by atoms with van der Waals surface area (Å²) in [6.07, 6.45) is 0. The molecule has 174 valence electrons. The molecule has 0 radical (unpaired) electrons. The van der Waals surface area contributed by atoms with E-state index in [0.29, 0.717) is 11.1 Å². The lowest BCUT2D eigenvalue weighted by molar-refractivity contribution is -1.000. The van der Waals surface area contributed by atoms with Gasteiger partial charge in [-0.25, -0.2) is 0 Å². The average molecular weight is 448 g/mol. The number of ether oxygens (including phenoxy) is 2. The monoisotopic (exact) mass is 447 g/mol. The number of nitrogens with zero attached hydrogens (tertiary/aromatic N) is 1. The lowest BCUT2D eigenvalue weighted by Crippen LogP contribution is -3.00. The summed E-state index contributed by atoms with van der Waals surface area (Å²) in [6.45, 7) is 20.6. The summed E-state index contributed by atoms with van der Waals surface area (Å²) in [5.74, 6) is -0.0639. The van der Waals surface area contributed by atoms with Crippen molar-refractivity contribution < 1.29 is 26.4 Å². The number of allylic oxidation sites excluding steroid dienone is 2. The zero-order chi connectivity index (χ0) is 23.2. The molecule has 4 heteroatoms. The smallest absolute Gasteiger partial charge is 0.389 e. The first-order chi connectivity index (χ1) is 14.0. The van der Waals surface area contributed by atoms with Crippen molar-refractivity contribution in [2.75, 3.05) is 27.2 Å². The summed E-state index contributed by atoms with van der Waals surface area (Å²) in [4.78, 5) is 0. The third kappa shape index (κ3) is 11.2. The van der Waals surface area contributed by atoms with Gasteiger partial charge in [0, 0.05) is 0 Å². The van der Waals surface area contributed by atoms with Crippen molar-refractivity contribution in [3.05, 3.63) is 90.5 Å². The highest BCUT2D eigenvalue weighted by molar-refractivity contribution is 5.25. The van der Waals surface area contributed by atoms with E-state index in [1.807, 2.05) is 83.1 Å². The van der Waals surface area contributed by atoms with Crippen molar-refractivity contribution >= 4 is 0 Å². The molecule has 0 amide bonds. The van der Waals surface area contributed by atoms with E-state index in [2.05, 4.69) is 46.3 Å². The largest absolute Gasteiger partial charge is 1.00 e. The molecule has 0 spiro atoms. The molecule has 0 fully saturated rings. The van der Waals surface area contributed by atoms with Crippen molar-refractivity contribution in [1.82, 2.24) is 0 Å². The fourth-order valence-electron chi connectivity index (χ4n) is 2.52. The van der Waals surface area contributed by atoms with E-state index >= 15 is 0 Å². The predicted molar refractivity (Wildman–Crippen MR) is 130 cm³/mol. The van der Waals surface area contributed by atoms with Gasteiger partial charge >= 0.3 is 5.91 Å². The average Bonchev–Trinajstić information content (AvgIpc) is 2.68. The van der Waals surface area contributed by atoms with E-state index in [4.69, 9.17) is 9.47 Å². The van der Waals surface area contributed by atoms with Crippen LogP contribution in [0.15, 0.2) is 85.0 Å². The molecule has 0 N–H and O–H groups in total. The van der Waals surface area contributed by atoms with Crippen LogP contribution in [-0.4, -0.2) is 31.7 Å². The van der Waals surface area contributed by atoms with E-state index in [9.17, 15) is 0 Å². The van der Waals surface area contributed by atoms with Crippen LogP contribution in [0.4, 0.5) is 0 Å². The van der Waals surface area contributed by atoms with Crippen molar-refractivity contribution in [3.63, 3.8) is 0 Å². The van der Waals surface area contributed by atoms with Crippen LogP contribution < -0.4 is 17.1 Å². The Morgan fingerprint density at radius 3 is 1.55 bits per heavy atom. The highest BCUT2D eigenvalue weighted by Crippen LogP contribution is 2.36. The van der Waals surface area contributed by atoms with E-state index in [-0.39, 0.29) is 12.4 Å². The van der Waals surface area contributed by atoms with Gasteiger partial charge in [0.1, 0.15) is 5.75 Å². The molecule has 0 saturated heterocycles. The van der Waals surface area contributed by atoms with Crippen molar-refractivity contribution in [2.45, 2.75) is 47.5 Å². The van der Waals surface area contributed by atoms with E-state index in [1.54, 1.807) is 0 Å². The van der Waals surface area contributed by atoms with Crippen LogP contribution in [0.1, 0.15) is 47.1 Å². The Hall–Kier alpha value is -2.07.